The number of aliphatic hydroxyl groups excluding tert-OH is 1. The van der Waals surface area contributed by atoms with E-state index in [0.717, 1.165) is 35.2 Å². The van der Waals surface area contributed by atoms with Crippen LogP contribution in [0.4, 0.5) is 10.2 Å². The molecule has 2 unspecified atom stereocenters. The predicted octanol–water partition coefficient (Wildman–Crippen LogP) is 2.53. The number of β-amino-alcohol motifs (C(OH)–C–C–N with tert-alkyl or cyclic N) is 1. The molecule has 4 aromatic rings. The summed E-state index contributed by atoms with van der Waals surface area (Å²) in [4.78, 5) is 24.6. The Kier molecular flexibility index (Phi) is 6.89. The van der Waals surface area contributed by atoms with Crippen LogP contribution in [-0.4, -0.2) is 82.6 Å². The minimum absolute atomic E-state index is 0.0304. The highest BCUT2D eigenvalue weighted by Gasteiger charge is 2.41. The first-order valence-electron chi connectivity index (χ1n) is 13.7. The van der Waals surface area contributed by atoms with Crippen molar-refractivity contribution in [1.29, 1.82) is 0 Å². The molecule has 6 rings (SSSR count). The van der Waals surface area contributed by atoms with Crippen molar-refractivity contribution in [2.75, 3.05) is 24.5 Å². The number of hydrogen-bond donors (Lipinski definition) is 2. The van der Waals surface area contributed by atoms with Gasteiger partial charge in [0.05, 0.1) is 30.8 Å². The van der Waals surface area contributed by atoms with Gasteiger partial charge in [-0.05, 0) is 43.9 Å². The van der Waals surface area contributed by atoms with Crippen molar-refractivity contribution in [1.82, 2.24) is 29.2 Å². The molecule has 1 saturated heterocycles. The zero-order chi connectivity index (χ0) is 28.0. The molecular formula is C29H34FN7O3. The Morgan fingerprint density at radius 2 is 2.05 bits per heavy atom. The molecular weight excluding hydrogens is 513 g/mol. The maximum Gasteiger partial charge on any atom is 0.145 e. The van der Waals surface area contributed by atoms with E-state index in [4.69, 9.17) is 0 Å². The first-order valence-corrected chi connectivity index (χ1v) is 13.7. The highest BCUT2D eigenvalue weighted by molar-refractivity contribution is 5.88. The zero-order valence-corrected chi connectivity index (χ0v) is 22.7. The fraction of sp³-hybridized carbons (Fsp3) is 0.448. The van der Waals surface area contributed by atoms with Crippen LogP contribution in [0.1, 0.15) is 31.7 Å². The van der Waals surface area contributed by atoms with Gasteiger partial charge in [-0.2, -0.15) is 5.10 Å². The SMILES string of the molecule is CC(=O)CN1CCC(O)(Cn2ccc3c(N(Cc4ccc(-c5cnn(C)c5)cc4F)C4CC4)ncnc32)C(O)C1. The predicted molar refractivity (Wildman–Crippen MR) is 148 cm³/mol. The second-order valence-corrected chi connectivity index (χ2v) is 11.3. The molecule has 1 aliphatic heterocycles. The maximum absolute atomic E-state index is 15.3. The number of aryl methyl sites for hydroxylation is 1. The Morgan fingerprint density at radius 3 is 2.73 bits per heavy atom. The lowest BCUT2D eigenvalue weighted by atomic mass is 9.88. The van der Waals surface area contributed by atoms with E-state index >= 15 is 4.39 Å². The van der Waals surface area contributed by atoms with E-state index in [2.05, 4.69) is 20.0 Å². The first kappa shape index (κ1) is 26.5. The fourth-order valence-corrected chi connectivity index (χ4v) is 5.68. The average Bonchev–Trinajstić information content (AvgIpc) is 3.54. The van der Waals surface area contributed by atoms with E-state index in [9.17, 15) is 15.0 Å². The number of aliphatic hydroxyl groups is 2. The lowest BCUT2D eigenvalue weighted by Gasteiger charge is -2.42. The van der Waals surface area contributed by atoms with Gasteiger partial charge in [0.15, 0.2) is 0 Å². The summed E-state index contributed by atoms with van der Waals surface area (Å²) in [5.74, 6) is 0.482. The van der Waals surface area contributed by atoms with E-state index in [-0.39, 0.29) is 37.3 Å². The van der Waals surface area contributed by atoms with E-state index in [1.165, 1.54) is 13.3 Å². The van der Waals surface area contributed by atoms with Gasteiger partial charge in [-0.15, -0.1) is 0 Å². The van der Waals surface area contributed by atoms with Crippen LogP contribution in [0.3, 0.4) is 0 Å². The average molecular weight is 548 g/mol. The molecule has 0 radical (unpaired) electrons. The van der Waals surface area contributed by atoms with Crippen molar-refractivity contribution < 1.29 is 19.4 Å². The van der Waals surface area contributed by atoms with E-state index in [0.29, 0.717) is 30.7 Å². The number of carbonyl (C=O) groups excluding carboxylic acids is 1. The summed E-state index contributed by atoms with van der Waals surface area (Å²) in [6.45, 7) is 3.07. The number of carbonyl (C=O) groups is 1. The van der Waals surface area contributed by atoms with Crippen molar-refractivity contribution in [2.45, 2.75) is 57.0 Å². The minimum Gasteiger partial charge on any atom is -0.389 e. The van der Waals surface area contributed by atoms with E-state index in [1.54, 1.807) is 16.9 Å². The Labute approximate surface area is 231 Å². The number of Topliss-reactive ketones (excluding diaryl/α,β-unsaturated/α-hetero) is 1. The topological polar surface area (TPSA) is 113 Å². The largest absolute Gasteiger partial charge is 0.389 e. The normalized spacial score (nSPS) is 21.7. The Balaban J connectivity index is 1.24. The number of fused-ring (bicyclic) bond motifs is 1. The van der Waals surface area contributed by atoms with Crippen molar-refractivity contribution >= 4 is 22.6 Å². The van der Waals surface area contributed by atoms with Gasteiger partial charge in [-0.1, -0.05) is 12.1 Å². The molecule has 10 nitrogen and oxygen atoms in total. The molecule has 0 spiro atoms. The van der Waals surface area contributed by atoms with Crippen molar-refractivity contribution in [3.63, 3.8) is 0 Å². The minimum atomic E-state index is -1.35. The van der Waals surface area contributed by atoms with Gasteiger partial charge in [-0.3, -0.25) is 14.4 Å². The van der Waals surface area contributed by atoms with Gasteiger partial charge in [-0.25, -0.2) is 14.4 Å². The molecule has 2 aliphatic rings. The number of nitrogens with zero attached hydrogens (tertiary/aromatic N) is 7. The number of ketones is 1. The van der Waals surface area contributed by atoms with Gasteiger partial charge in [0.25, 0.3) is 0 Å². The standard InChI is InChI=1S/C29H34FN7O3/c1-19(38)13-35-10-8-29(40,26(39)16-35)17-36-9-7-24-27(36)31-18-32-28(24)37(23-5-6-23)15-21-4-3-20(11-25(21)30)22-12-33-34(2)14-22/h3-4,7,9,11-12,14,18,23,26,39-40H,5-6,8,10,13,15-17H2,1-2H3. The highest BCUT2D eigenvalue weighted by Crippen LogP contribution is 2.37. The molecule has 2 atom stereocenters. The number of benzene rings is 1. The summed E-state index contributed by atoms with van der Waals surface area (Å²) < 4.78 is 18.8. The number of likely N-dealkylation sites (tertiary alicyclic amines) is 1. The Bertz CT molecular complexity index is 1550. The fourth-order valence-electron chi connectivity index (χ4n) is 5.68. The molecule has 0 amide bonds. The molecule has 210 valence electrons. The molecule has 4 heterocycles. The number of aromatic nitrogens is 5. The van der Waals surface area contributed by atoms with Crippen molar-refractivity contribution in [2.24, 2.45) is 7.05 Å². The van der Waals surface area contributed by atoms with Crippen LogP contribution >= 0.6 is 0 Å². The third kappa shape index (κ3) is 5.24. The van der Waals surface area contributed by atoms with Crippen LogP contribution in [0.25, 0.3) is 22.2 Å². The van der Waals surface area contributed by atoms with Gasteiger partial charge in [0.2, 0.25) is 0 Å². The van der Waals surface area contributed by atoms with Crippen molar-refractivity contribution in [3.8, 4) is 11.1 Å². The quantitative estimate of drug-likeness (QED) is 0.329. The molecule has 1 saturated carbocycles. The molecule has 1 aliphatic carbocycles. The first-order chi connectivity index (χ1) is 19.2. The van der Waals surface area contributed by atoms with E-state index < -0.39 is 11.7 Å². The Morgan fingerprint density at radius 1 is 1.23 bits per heavy atom. The third-order valence-corrected chi connectivity index (χ3v) is 8.03. The molecule has 3 aromatic heterocycles. The van der Waals surface area contributed by atoms with Crippen LogP contribution in [-0.2, 0) is 24.9 Å². The van der Waals surface area contributed by atoms with Gasteiger partial charge < -0.3 is 19.7 Å². The number of piperidine rings is 1. The number of anilines is 1. The van der Waals surface area contributed by atoms with E-state index in [1.807, 2.05) is 47.1 Å². The van der Waals surface area contributed by atoms with Crippen LogP contribution in [0.5, 0.6) is 0 Å². The van der Waals surface area contributed by atoms with Gasteiger partial charge in [0, 0.05) is 56.2 Å². The smallest absolute Gasteiger partial charge is 0.145 e. The summed E-state index contributed by atoms with van der Waals surface area (Å²) in [5.41, 5.74) is 1.53. The summed E-state index contributed by atoms with van der Waals surface area (Å²) in [6.07, 6.45) is 8.28. The highest BCUT2D eigenvalue weighted by atomic mass is 19.1. The van der Waals surface area contributed by atoms with Crippen molar-refractivity contribution in [3.05, 3.63) is 60.6 Å². The number of rotatable bonds is 9. The number of hydrogen-bond acceptors (Lipinski definition) is 8. The molecule has 11 heteroatoms. The molecule has 2 fully saturated rings. The van der Waals surface area contributed by atoms with Crippen LogP contribution in [0, 0.1) is 5.82 Å². The van der Waals surface area contributed by atoms with Crippen LogP contribution < -0.4 is 4.90 Å². The number of halogens is 1. The maximum atomic E-state index is 15.3. The molecule has 2 N–H and O–H groups in total. The summed E-state index contributed by atoms with van der Waals surface area (Å²) in [6, 6.07) is 7.47. The second kappa shape index (κ2) is 10.4. The van der Waals surface area contributed by atoms with Gasteiger partial charge >= 0.3 is 0 Å². The second-order valence-electron chi connectivity index (χ2n) is 11.3. The lowest BCUT2D eigenvalue weighted by molar-refractivity contribution is -0.134. The summed E-state index contributed by atoms with van der Waals surface area (Å²) in [5, 5.41) is 27.1. The van der Waals surface area contributed by atoms with Crippen LogP contribution in [0.15, 0.2) is 49.2 Å². The lowest BCUT2D eigenvalue weighted by Crippen LogP contribution is -2.58. The van der Waals surface area contributed by atoms with Gasteiger partial charge in [0.1, 0.15) is 35.0 Å². The zero-order valence-electron chi connectivity index (χ0n) is 22.7. The third-order valence-electron chi connectivity index (χ3n) is 8.03. The summed E-state index contributed by atoms with van der Waals surface area (Å²) >= 11 is 0. The monoisotopic (exact) mass is 547 g/mol. The molecule has 40 heavy (non-hydrogen) atoms. The van der Waals surface area contributed by atoms with Crippen LogP contribution in [0.2, 0.25) is 0 Å². The molecule has 0 bridgehead atoms. The molecule has 1 aromatic carbocycles. The Hall–Kier alpha value is -3.67. The summed E-state index contributed by atoms with van der Waals surface area (Å²) in [7, 11) is 1.83.